The van der Waals surface area contributed by atoms with Gasteiger partial charge in [-0.25, -0.2) is 9.79 Å². The summed E-state index contributed by atoms with van der Waals surface area (Å²) in [5, 5.41) is 0. The van der Waals surface area contributed by atoms with Crippen LogP contribution in [0.3, 0.4) is 0 Å². The molecule has 0 fully saturated rings. The first kappa shape index (κ1) is 31.1. The Kier molecular flexibility index (Phi) is 9.55. The van der Waals surface area contributed by atoms with Gasteiger partial charge < -0.3 is 23.7 Å². The third-order valence-corrected chi connectivity index (χ3v) is 8.60. The van der Waals surface area contributed by atoms with E-state index in [4.69, 9.17) is 23.7 Å². The van der Waals surface area contributed by atoms with Crippen molar-refractivity contribution in [1.29, 1.82) is 0 Å². The van der Waals surface area contributed by atoms with Gasteiger partial charge in [0, 0.05) is 5.56 Å². The van der Waals surface area contributed by atoms with Crippen LogP contribution in [0.5, 0.6) is 23.0 Å². The number of esters is 1. The van der Waals surface area contributed by atoms with Gasteiger partial charge in [-0.05, 0) is 77.3 Å². The maximum absolute atomic E-state index is 14.1. The highest BCUT2D eigenvalue weighted by Gasteiger charge is 2.35. The van der Waals surface area contributed by atoms with Crippen LogP contribution in [0.25, 0.3) is 6.08 Å². The lowest BCUT2D eigenvalue weighted by Crippen LogP contribution is -2.40. The lowest BCUT2D eigenvalue weighted by molar-refractivity contribution is -0.139. The molecule has 0 spiro atoms. The second-order valence-corrected chi connectivity index (χ2v) is 11.6. The van der Waals surface area contributed by atoms with Crippen molar-refractivity contribution >= 4 is 39.3 Å². The molecular formula is C33H31BrN2O7S. The summed E-state index contributed by atoms with van der Waals surface area (Å²) < 4.78 is 30.9. The molecule has 9 nitrogen and oxygen atoms in total. The van der Waals surface area contributed by atoms with Gasteiger partial charge >= 0.3 is 5.97 Å². The predicted molar refractivity (Wildman–Crippen MR) is 171 cm³/mol. The zero-order valence-corrected chi connectivity index (χ0v) is 27.3. The van der Waals surface area contributed by atoms with E-state index in [1.807, 2.05) is 36.4 Å². The first-order valence-corrected chi connectivity index (χ1v) is 15.4. The van der Waals surface area contributed by atoms with Crippen molar-refractivity contribution in [2.24, 2.45) is 4.99 Å². The average molecular weight is 680 g/mol. The molecule has 5 rings (SSSR count). The molecule has 1 aliphatic rings. The van der Waals surface area contributed by atoms with E-state index in [-0.39, 0.29) is 17.7 Å². The molecule has 1 aliphatic heterocycles. The number of methoxy groups -OCH3 is 3. The maximum Gasteiger partial charge on any atom is 0.338 e. The zero-order chi connectivity index (χ0) is 31.4. The van der Waals surface area contributed by atoms with E-state index in [1.165, 1.54) is 23.0 Å². The summed E-state index contributed by atoms with van der Waals surface area (Å²) in [5.74, 6) is 1.54. The predicted octanol–water partition coefficient (Wildman–Crippen LogP) is 5.17. The van der Waals surface area contributed by atoms with Crippen LogP contribution in [0.1, 0.15) is 36.6 Å². The molecule has 0 saturated carbocycles. The number of fused-ring (bicyclic) bond motifs is 1. The summed E-state index contributed by atoms with van der Waals surface area (Å²) in [6.07, 6.45) is 1.77. The third kappa shape index (κ3) is 6.15. The van der Waals surface area contributed by atoms with Gasteiger partial charge in [0.25, 0.3) is 5.56 Å². The van der Waals surface area contributed by atoms with Crippen molar-refractivity contribution in [3.63, 3.8) is 0 Å². The highest BCUT2D eigenvalue weighted by molar-refractivity contribution is 9.10. The van der Waals surface area contributed by atoms with Crippen LogP contribution in [0.15, 0.2) is 86.2 Å². The smallest absolute Gasteiger partial charge is 0.338 e. The fourth-order valence-electron chi connectivity index (χ4n) is 4.98. The minimum atomic E-state index is -0.854. The van der Waals surface area contributed by atoms with Gasteiger partial charge in [0.2, 0.25) is 0 Å². The number of nitrogens with zero attached hydrogens (tertiary/aromatic N) is 2. The number of thiazole rings is 1. The number of halogens is 1. The fourth-order valence-corrected chi connectivity index (χ4v) is 6.60. The lowest BCUT2D eigenvalue weighted by Gasteiger charge is -2.26. The van der Waals surface area contributed by atoms with Gasteiger partial charge in [0.1, 0.15) is 24.1 Å². The van der Waals surface area contributed by atoms with E-state index >= 15 is 0 Å². The molecule has 1 aromatic heterocycles. The molecule has 4 aromatic rings. The van der Waals surface area contributed by atoms with Gasteiger partial charge in [-0.1, -0.05) is 41.7 Å². The topological polar surface area (TPSA) is 97.6 Å². The van der Waals surface area contributed by atoms with Crippen LogP contribution >= 0.6 is 27.3 Å². The van der Waals surface area contributed by atoms with Crippen LogP contribution < -0.4 is 33.8 Å². The van der Waals surface area contributed by atoms with Crippen molar-refractivity contribution < 1.29 is 28.5 Å². The monoisotopic (exact) mass is 678 g/mol. The Labute approximate surface area is 266 Å². The molecule has 0 saturated heterocycles. The normalized spacial score (nSPS) is 14.5. The summed E-state index contributed by atoms with van der Waals surface area (Å²) in [5.41, 5.74) is 2.69. The molecular weight excluding hydrogens is 648 g/mol. The van der Waals surface area contributed by atoms with Crippen molar-refractivity contribution in [2.45, 2.75) is 26.5 Å². The molecule has 2 heterocycles. The molecule has 0 aliphatic carbocycles. The van der Waals surface area contributed by atoms with E-state index in [9.17, 15) is 9.59 Å². The molecule has 3 aromatic carbocycles. The van der Waals surface area contributed by atoms with Crippen molar-refractivity contribution in [3.8, 4) is 23.0 Å². The second kappa shape index (κ2) is 13.5. The maximum atomic E-state index is 14.1. The van der Waals surface area contributed by atoms with Crippen molar-refractivity contribution in [1.82, 2.24) is 4.57 Å². The van der Waals surface area contributed by atoms with Crippen LogP contribution in [-0.4, -0.2) is 38.5 Å². The van der Waals surface area contributed by atoms with E-state index in [0.717, 1.165) is 5.56 Å². The SMILES string of the molecule is CCOC(=O)C1=C(C)N=c2s/c(=C\c3cc(Br)c(OCc4ccccc4)c(OC)c3)c(=O)n2[C@@H]1c1cc(OC)ccc1OC. The second-order valence-electron chi connectivity index (χ2n) is 9.72. The molecule has 0 bridgehead atoms. The van der Waals surface area contributed by atoms with Crippen LogP contribution in [-0.2, 0) is 16.1 Å². The highest BCUT2D eigenvalue weighted by Crippen LogP contribution is 2.39. The number of rotatable bonds is 10. The summed E-state index contributed by atoms with van der Waals surface area (Å²) in [6, 6.07) is 17.9. The molecule has 0 N–H and O–H groups in total. The summed E-state index contributed by atoms with van der Waals surface area (Å²) >= 11 is 4.83. The summed E-state index contributed by atoms with van der Waals surface area (Å²) in [4.78, 5) is 32.5. The summed E-state index contributed by atoms with van der Waals surface area (Å²) in [6.45, 7) is 4.00. The molecule has 0 radical (unpaired) electrons. The number of benzene rings is 3. The fraction of sp³-hybridized carbons (Fsp3) is 0.242. The largest absolute Gasteiger partial charge is 0.497 e. The number of carbonyl (C=O) groups is 1. The Morgan fingerprint density at radius 2 is 1.77 bits per heavy atom. The van der Waals surface area contributed by atoms with Gasteiger partial charge in [-0.3, -0.25) is 9.36 Å². The van der Waals surface area contributed by atoms with E-state index in [1.54, 1.807) is 58.4 Å². The molecule has 0 amide bonds. The standard InChI is InChI=1S/C33H31BrN2O7S/c1-6-42-32(38)28-19(2)35-33-36(29(28)23-17-22(39-3)12-13-25(23)40-4)31(37)27(44-33)16-21-14-24(34)30(26(15-21)41-5)43-18-20-10-8-7-9-11-20/h7-17,29H,6,18H2,1-5H3/b27-16-/t29-/m1/s1. The zero-order valence-electron chi connectivity index (χ0n) is 24.9. The average Bonchev–Trinajstić information content (AvgIpc) is 3.33. The molecule has 0 unspecified atom stereocenters. The van der Waals surface area contributed by atoms with Gasteiger partial charge in [-0.2, -0.15) is 0 Å². The first-order chi connectivity index (χ1) is 21.3. The number of hydrogen-bond donors (Lipinski definition) is 0. The first-order valence-electron chi connectivity index (χ1n) is 13.7. The van der Waals surface area contributed by atoms with Gasteiger partial charge in [0.05, 0.1) is 48.2 Å². The third-order valence-electron chi connectivity index (χ3n) is 7.02. The Balaban J connectivity index is 1.63. The number of hydrogen-bond acceptors (Lipinski definition) is 9. The van der Waals surface area contributed by atoms with Gasteiger partial charge in [0.15, 0.2) is 16.3 Å². The Morgan fingerprint density at radius 3 is 2.45 bits per heavy atom. The quantitative estimate of drug-likeness (QED) is 0.214. The summed E-state index contributed by atoms with van der Waals surface area (Å²) in [7, 11) is 4.65. The van der Waals surface area contributed by atoms with E-state index < -0.39 is 12.0 Å². The van der Waals surface area contributed by atoms with Gasteiger partial charge in [-0.15, -0.1) is 0 Å². The molecule has 1 atom stereocenters. The van der Waals surface area contributed by atoms with Crippen molar-refractivity contribution in [3.05, 3.63) is 113 Å². The molecule has 11 heteroatoms. The molecule has 44 heavy (non-hydrogen) atoms. The minimum Gasteiger partial charge on any atom is -0.497 e. The number of carbonyl (C=O) groups excluding carboxylic acids is 1. The minimum absolute atomic E-state index is 0.170. The van der Waals surface area contributed by atoms with Crippen LogP contribution in [0.4, 0.5) is 0 Å². The van der Waals surface area contributed by atoms with Crippen molar-refractivity contribution in [2.75, 3.05) is 27.9 Å². The van der Waals surface area contributed by atoms with Crippen LogP contribution in [0, 0.1) is 0 Å². The Hall–Kier alpha value is -4.35. The lowest BCUT2D eigenvalue weighted by atomic mass is 9.94. The number of ether oxygens (including phenoxy) is 5. The molecule has 228 valence electrons. The Bertz CT molecular complexity index is 1910. The van der Waals surface area contributed by atoms with E-state index in [0.29, 0.717) is 60.2 Å². The van der Waals surface area contributed by atoms with Crippen LogP contribution in [0.2, 0.25) is 0 Å². The van der Waals surface area contributed by atoms with E-state index in [2.05, 4.69) is 20.9 Å². The number of allylic oxidation sites excluding steroid dienone is 1. The highest BCUT2D eigenvalue weighted by atomic mass is 79.9. The number of aromatic nitrogens is 1. The Morgan fingerprint density at radius 1 is 1.02 bits per heavy atom.